The molecule has 4 rings (SSSR count). The summed E-state index contributed by atoms with van der Waals surface area (Å²) in [6, 6.07) is 26.2. The van der Waals surface area contributed by atoms with Gasteiger partial charge in [0.05, 0.1) is 35.7 Å². The van der Waals surface area contributed by atoms with Gasteiger partial charge >= 0.3 is 0 Å². The molecule has 3 aromatic carbocycles. The van der Waals surface area contributed by atoms with Crippen LogP contribution in [0, 0.1) is 6.92 Å². The summed E-state index contributed by atoms with van der Waals surface area (Å²) in [6.45, 7) is 9.03. The molecule has 4 heteroatoms. The van der Waals surface area contributed by atoms with E-state index in [1.165, 1.54) is 5.56 Å². The average Bonchev–Trinajstić information content (AvgIpc) is 2.76. The molecule has 0 saturated carbocycles. The molecule has 0 spiro atoms. The van der Waals surface area contributed by atoms with E-state index in [4.69, 9.17) is 9.72 Å². The van der Waals surface area contributed by atoms with Crippen molar-refractivity contribution in [2.24, 2.45) is 0 Å². The van der Waals surface area contributed by atoms with Gasteiger partial charge in [-0.05, 0) is 51.0 Å². The number of para-hydroxylation sites is 2. The van der Waals surface area contributed by atoms with Crippen molar-refractivity contribution in [1.82, 2.24) is 9.55 Å². The lowest BCUT2D eigenvalue weighted by atomic mass is 9.96. The molecule has 1 unspecified atom stereocenters. The minimum Gasteiger partial charge on any atom is -0.375 e. The van der Waals surface area contributed by atoms with Crippen LogP contribution in [0.2, 0.25) is 0 Å². The summed E-state index contributed by atoms with van der Waals surface area (Å²) in [6.07, 6.45) is 0. The normalized spacial score (nSPS) is 12.8. The van der Waals surface area contributed by atoms with Crippen molar-refractivity contribution in [3.63, 3.8) is 0 Å². The highest BCUT2D eigenvalue weighted by Crippen LogP contribution is 2.25. The van der Waals surface area contributed by atoms with Crippen LogP contribution in [0.15, 0.2) is 83.7 Å². The van der Waals surface area contributed by atoms with Crippen LogP contribution in [0.3, 0.4) is 0 Å². The van der Waals surface area contributed by atoms with Crippen LogP contribution in [0.5, 0.6) is 0 Å². The molecule has 1 atom stereocenters. The average molecular weight is 427 g/mol. The quantitative estimate of drug-likeness (QED) is 0.397. The molecule has 0 aliphatic carbocycles. The first kappa shape index (κ1) is 22.0. The molecule has 0 radical (unpaired) electrons. The van der Waals surface area contributed by atoms with Gasteiger partial charge in [-0.25, -0.2) is 4.98 Å². The molecule has 0 aliphatic rings. The number of hydrogen-bond acceptors (Lipinski definition) is 3. The van der Waals surface area contributed by atoms with Gasteiger partial charge in [0, 0.05) is 0 Å². The fourth-order valence-corrected chi connectivity index (χ4v) is 3.94. The van der Waals surface area contributed by atoms with E-state index in [2.05, 4.69) is 25.1 Å². The smallest absolute Gasteiger partial charge is 0.273 e. The summed E-state index contributed by atoms with van der Waals surface area (Å²) in [5.41, 5.74) is 5.08. The second-order valence-electron chi connectivity index (χ2n) is 9.25. The lowest BCUT2D eigenvalue weighted by molar-refractivity contribution is -0.00716. The summed E-state index contributed by atoms with van der Waals surface area (Å²) in [4.78, 5) is 18.7. The largest absolute Gasteiger partial charge is 0.375 e. The number of benzene rings is 3. The highest BCUT2D eigenvalue weighted by Gasteiger charge is 2.24. The minimum absolute atomic E-state index is 0.0726. The number of aryl methyl sites for hydroxylation is 1. The fourth-order valence-electron chi connectivity index (χ4n) is 3.94. The maximum absolute atomic E-state index is 13.9. The van der Waals surface area contributed by atoms with Crippen molar-refractivity contribution >= 4 is 11.0 Å². The lowest BCUT2D eigenvalue weighted by Crippen LogP contribution is -2.31. The molecule has 0 fully saturated rings. The molecule has 4 nitrogen and oxygen atoms in total. The Morgan fingerprint density at radius 2 is 1.66 bits per heavy atom. The number of nitrogens with zero attached hydrogens (tertiary/aromatic N) is 2. The maximum Gasteiger partial charge on any atom is 0.273 e. The lowest BCUT2D eigenvalue weighted by Gasteiger charge is -2.25. The highest BCUT2D eigenvalue weighted by molar-refractivity contribution is 5.75. The van der Waals surface area contributed by atoms with Crippen LogP contribution in [-0.4, -0.2) is 21.8 Å². The van der Waals surface area contributed by atoms with E-state index in [9.17, 15) is 4.79 Å². The van der Waals surface area contributed by atoms with E-state index >= 15 is 0 Å². The third kappa shape index (κ3) is 4.97. The summed E-state index contributed by atoms with van der Waals surface area (Å²) in [5.74, 6) is -0.253. The summed E-state index contributed by atoms with van der Waals surface area (Å²) >= 11 is 0. The molecular weight excluding hydrogens is 396 g/mol. The molecular formula is C28H30N2O2. The number of hydrogen-bond donors (Lipinski definition) is 0. The van der Waals surface area contributed by atoms with Crippen molar-refractivity contribution in [3.8, 4) is 0 Å². The molecule has 0 N–H and O–H groups in total. The molecule has 164 valence electrons. The van der Waals surface area contributed by atoms with Gasteiger partial charge in [-0.1, -0.05) is 72.3 Å². The van der Waals surface area contributed by atoms with Crippen LogP contribution in [0.4, 0.5) is 0 Å². The number of fused-ring (bicyclic) bond motifs is 1. The fraction of sp³-hybridized carbons (Fsp3) is 0.286. The standard InChI is InChI=1S/C28H30N2O2/c1-20-11-10-12-21(17-20)18-30-25-16-9-8-15-24(25)29-26(27(30)31)23(19-32-28(2,3)4)22-13-6-5-7-14-22/h5-17,23H,18-19H2,1-4H3. The topological polar surface area (TPSA) is 44.1 Å². The van der Waals surface area contributed by atoms with Crippen molar-refractivity contribution in [2.45, 2.75) is 45.8 Å². The molecule has 1 heterocycles. The Labute approximate surface area is 189 Å². The monoisotopic (exact) mass is 426 g/mol. The van der Waals surface area contributed by atoms with Gasteiger partial charge in [-0.15, -0.1) is 0 Å². The van der Waals surface area contributed by atoms with E-state index in [-0.39, 0.29) is 17.1 Å². The third-order valence-corrected chi connectivity index (χ3v) is 5.52. The Hall–Kier alpha value is -3.24. The van der Waals surface area contributed by atoms with Gasteiger partial charge in [0.25, 0.3) is 5.56 Å². The SMILES string of the molecule is Cc1cccc(Cn2c(=O)c(C(COC(C)(C)C)c3ccccc3)nc3ccccc32)c1. The summed E-state index contributed by atoms with van der Waals surface area (Å²) < 4.78 is 8.00. The molecule has 4 aromatic rings. The van der Waals surface area contributed by atoms with Crippen molar-refractivity contribution in [2.75, 3.05) is 6.61 Å². The first-order valence-corrected chi connectivity index (χ1v) is 11.1. The Kier molecular flexibility index (Phi) is 6.24. The maximum atomic E-state index is 13.9. The van der Waals surface area contributed by atoms with Crippen LogP contribution in [-0.2, 0) is 11.3 Å². The predicted molar refractivity (Wildman–Crippen MR) is 130 cm³/mol. The minimum atomic E-state index is -0.315. The molecule has 0 aliphatic heterocycles. The third-order valence-electron chi connectivity index (χ3n) is 5.52. The molecule has 0 saturated heterocycles. The van der Waals surface area contributed by atoms with E-state index in [0.29, 0.717) is 18.8 Å². The zero-order chi connectivity index (χ0) is 22.7. The predicted octanol–water partition coefficient (Wildman–Crippen LogP) is 5.70. The van der Waals surface area contributed by atoms with Crippen LogP contribution >= 0.6 is 0 Å². The molecule has 0 amide bonds. The van der Waals surface area contributed by atoms with Gasteiger partial charge < -0.3 is 9.30 Å². The zero-order valence-electron chi connectivity index (χ0n) is 19.2. The van der Waals surface area contributed by atoms with Crippen molar-refractivity contribution in [1.29, 1.82) is 0 Å². The highest BCUT2D eigenvalue weighted by atomic mass is 16.5. The Bertz CT molecular complexity index is 1270. The Morgan fingerprint density at radius 3 is 2.38 bits per heavy atom. The van der Waals surface area contributed by atoms with Crippen LogP contribution < -0.4 is 5.56 Å². The van der Waals surface area contributed by atoms with Crippen LogP contribution in [0.25, 0.3) is 11.0 Å². The van der Waals surface area contributed by atoms with E-state index in [0.717, 1.165) is 22.2 Å². The number of rotatable bonds is 6. The molecule has 32 heavy (non-hydrogen) atoms. The van der Waals surface area contributed by atoms with E-state index < -0.39 is 0 Å². The van der Waals surface area contributed by atoms with E-state index in [1.807, 2.05) is 86.0 Å². The molecule has 1 aromatic heterocycles. The number of aromatic nitrogens is 2. The van der Waals surface area contributed by atoms with Gasteiger partial charge in [-0.3, -0.25) is 4.79 Å². The molecule has 0 bridgehead atoms. The summed E-state index contributed by atoms with van der Waals surface area (Å²) in [5, 5.41) is 0. The second-order valence-corrected chi connectivity index (χ2v) is 9.25. The first-order chi connectivity index (χ1) is 15.3. The van der Waals surface area contributed by atoms with Crippen molar-refractivity contribution < 1.29 is 4.74 Å². The van der Waals surface area contributed by atoms with Gasteiger partial charge in [0.2, 0.25) is 0 Å². The van der Waals surface area contributed by atoms with Crippen molar-refractivity contribution in [3.05, 3.63) is 112 Å². The summed E-state index contributed by atoms with van der Waals surface area (Å²) in [7, 11) is 0. The second kappa shape index (κ2) is 9.09. The Balaban J connectivity index is 1.88. The zero-order valence-corrected chi connectivity index (χ0v) is 19.2. The first-order valence-electron chi connectivity index (χ1n) is 11.1. The van der Waals surface area contributed by atoms with Gasteiger partial charge in [0.15, 0.2) is 0 Å². The number of ether oxygens (including phenoxy) is 1. The van der Waals surface area contributed by atoms with Crippen LogP contribution in [0.1, 0.15) is 49.1 Å². The Morgan fingerprint density at radius 1 is 0.938 bits per heavy atom. The van der Waals surface area contributed by atoms with Gasteiger partial charge in [-0.2, -0.15) is 0 Å². The van der Waals surface area contributed by atoms with E-state index in [1.54, 1.807) is 0 Å². The van der Waals surface area contributed by atoms with Gasteiger partial charge in [0.1, 0.15) is 5.69 Å².